The first-order valence-corrected chi connectivity index (χ1v) is 22.5. The van der Waals surface area contributed by atoms with Gasteiger partial charge in [0.15, 0.2) is 0 Å². The molecule has 2 fully saturated rings. The predicted octanol–water partition coefficient (Wildman–Crippen LogP) is 6.66. The van der Waals surface area contributed by atoms with Crippen LogP contribution in [0.2, 0.25) is 10.0 Å². The van der Waals surface area contributed by atoms with Gasteiger partial charge in [-0.25, -0.2) is 19.2 Å². The summed E-state index contributed by atoms with van der Waals surface area (Å²) in [6.07, 6.45) is 7.84. The van der Waals surface area contributed by atoms with Crippen LogP contribution in [0.25, 0.3) is 44.1 Å². The van der Waals surface area contributed by atoms with E-state index < -0.39 is 0 Å². The van der Waals surface area contributed by atoms with Crippen molar-refractivity contribution in [2.45, 2.75) is 76.5 Å². The van der Waals surface area contributed by atoms with Crippen LogP contribution in [-0.2, 0) is 13.1 Å². The van der Waals surface area contributed by atoms with E-state index in [1.165, 1.54) is 0 Å². The van der Waals surface area contributed by atoms with Crippen LogP contribution < -0.4 is 22.8 Å². The monoisotopic (exact) mass is 896 g/mol. The molecular formula is C46H54Cl2N10O5. The van der Waals surface area contributed by atoms with Gasteiger partial charge in [0.05, 0.1) is 44.1 Å². The van der Waals surface area contributed by atoms with Crippen LogP contribution >= 0.6 is 23.2 Å². The fraction of sp³-hybridized carbons (Fsp3) is 0.391. The van der Waals surface area contributed by atoms with Crippen molar-refractivity contribution in [3.05, 3.63) is 137 Å². The molecule has 0 aliphatic carbocycles. The van der Waals surface area contributed by atoms with Crippen LogP contribution in [0.15, 0.2) is 104 Å². The number of piperidine rings is 2. The van der Waals surface area contributed by atoms with Gasteiger partial charge in [-0.3, -0.25) is 18.3 Å². The lowest BCUT2D eigenvalue weighted by Gasteiger charge is -2.32. The summed E-state index contributed by atoms with van der Waals surface area (Å²) in [6.45, 7) is 7.40. The van der Waals surface area contributed by atoms with Crippen LogP contribution in [0.5, 0.6) is 0 Å². The molecule has 0 amide bonds. The number of fused-ring (bicyclic) bond motifs is 4. The first-order valence-electron chi connectivity index (χ1n) is 21.8. The Hall–Kier alpha value is -5.58. The van der Waals surface area contributed by atoms with E-state index in [4.69, 9.17) is 23.2 Å². The van der Waals surface area contributed by atoms with E-state index in [2.05, 4.69) is 29.7 Å². The predicted molar refractivity (Wildman–Crippen MR) is 252 cm³/mol. The molecule has 10 rings (SSSR count). The molecule has 6 heterocycles. The van der Waals surface area contributed by atoms with Gasteiger partial charge in [0.2, 0.25) is 0 Å². The minimum Gasteiger partial charge on any atom is -0.412 e. The standard InChI is InChI=1S/2C23H26ClN5O2.H2O/c2*24-16-7-8-21-19(15-16)26-23(31)29(21)17-9-13-27(14-10-17)11-3-4-12-28-20-6-2-1-5-18(20)25-22(28)30;/h2*1-2,5-8,15,17H,3-4,9-14H2,(H,25,30)(H,26,31);1H2. The van der Waals surface area contributed by atoms with E-state index in [0.717, 1.165) is 148 Å². The molecule has 0 radical (unpaired) electrons. The highest BCUT2D eigenvalue weighted by molar-refractivity contribution is 6.31. The number of aromatic amines is 4. The number of nitrogens with zero attached hydrogens (tertiary/aromatic N) is 6. The van der Waals surface area contributed by atoms with E-state index in [9.17, 15) is 19.2 Å². The Kier molecular flexibility index (Phi) is 13.6. The third kappa shape index (κ3) is 9.53. The van der Waals surface area contributed by atoms with Gasteiger partial charge in [-0.15, -0.1) is 0 Å². The Morgan fingerprint density at radius 1 is 0.444 bits per heavy atom. The number of rotatable bonds is 12. The van der Waals surface area contributed by atoms with Gasteiger partial charge in [-0.05, 0) is 125 Å². The Morgan fingerprint density at radius 2 is 0.810 bits per heavy atom. The van der Waals surface area contributed by atoms with Gasteiger partial charge >= 0.3 is 22.8 Å². The number of imidazole rings is 4. The minimum absolute atomic E-state index is 0. The van der Waals surface area contributed by atoms with Crippen LogP contribution in [0.4, 0.5) is 0 Å². The maximum Gasteiger partial charge on any atom is 0.326 e. The maximum absolute atomic E-state index is 12.5. The number of likely N-dealkylation sites (tertiary alicyclic amines) is 2. The van der Waals surface area contributed by atoms with Crippen molar-refractivity contribution in [2.24, 2.45) is 0 Å². The van der Waals surface area contributed by atoms with Crippen LogP contribution in [0.3, 0.4) is 0 Å². The summed E-state index contributed by atoms with van der Waals surface area (Å²) in [6, 6.07) is 27.2. The maximum atomic E-state index is 12.5. The average molecular weight is 898 g/mol. The molecule has 0 bridgehead atoms. The second-order valence-corrected chi connectivity index (χ2v) is 17.6. The molecule has 17 heteroatoms. The van der Waals surface area contributed by atoms with Crippen molar-refractivity contribution in [1.82, 2.24) is 48.0 Å². The molecule has 2 saturated heterocycles. The fourth-order valence-corrected chi connectivity index (χ4v) is 9.95. The van der Waals surface area contributed by atoms with Gasteiger partial charge in [0.25, 0.3) is 0 Å². The lowest BCUT2D eigenvalue weighted by molar-refractivity contribution is 0.183. The lowest BCUT2D eigenvalue weighted by Crippen LogP contribution is -2.37. The number of unbranched alkanes of at least 4 members (excludes halogenated alkanes) is 2. The van der Waals surface area contributed by atoms with Crippen molar-refractivity contribution in [1.29, 1.82) is 0 Å². The van der Waals surface area contributed by atoms with Crippen molar-refractivity contribution in [2.75, 3.05) is 39.3 Å². The summed E-state index contributed by atoms with van der Waals surface area (Å²) < 4.78 is 7.45. The van der Waals surface area contributed by atoms with E-state index >= 15 is 0 Å². The van der Waals surface area contributed by atoms with Crippen molar-refractivity contribution in [3.63, 3.8) is 0 Å². The number of hydrogen-bond acceptors (Lipinski definition) is 6. The highest BCUT2D eigenvalue weighted by Gasteiger charge is 2.25. The molecule has 4 aromatic heterocycles. The molecule has 8 aromatic rings. The van der Waals surface area contributed by atoms with Gasteiger partial charge in [0.1, 0.15) is 0 Å². The topological polar surface area (TPSA) is 189 Å². The summed E-state index contributed by atoms with van der Waals surface area (Å²) in [5.74, 6) is 0. The number of H-pyrrole nitrogens is 4. The second kappa shape index (κ2) is 19.4. The highest BCUT2D eigenvalue weighted by Crippen LogP contribution is 2.28. The first-order chi connectivity index (χ1) is 30.2. The second-order valence-electron chi connectivity index (χ2n) is 16.7. The quantitative estimate of drug-likeness (QED) is 0.0993. The molecule has 2 aliphatic rings. The molecule has 6 N–H and O–H groups in total. The Labute approximate surface area is 372 Å². The number of aromatic nitrogens is 8. The number of para-hydroxylation sites is 4. The molecule has 15 nitrogen and oxygen atoms in total. The van der Waals surface area contributed by atoms with Gasteiger partial charge in [-0.1, -0.05) is 47.5 Å². The SMILES string of the molecule is O.O=c1[nH]c2ccccc2n1CCCCN1CCC(n2c(=O)[nH]c3cc(Cl)ccc32)CC1.O=c1[nH]c2ccccc2n1CCCCN1CCC(n2c(=O)[nH]c3cc(Cl)ccc32)CC1. The number of hydrogen-bond donors (Lipinski definition) is 4. The molecule has 4 aromatic carbocycles. The largest absolute Gasteiger partial charge is 0.412 e. The lowest BCUT2D eigenvalue weighted by atomic mass is 10.0. The number of halogens is 2. The number of aryl methyl sites for hydroxylation is 2. The van der Waals surface area contributed by atoms with E-state index in [1.54, 1.807) is 0 Å². The van der Waals surface area contributed by atoms with Gasteiger partial charge in [0, 0.05) is 61.4 Å². The Morgan fingerprint density at radius 3 is 1.22 bits per heavy atom. The molecule has 0 atom stereocenters. The highest BCUT2D eigenvalue weighted by atomic mass is 35.5. The zero-order chi connectivity index (χ0) is 42.7. The molecule has 2 aliphatic heterocycles. The molecule has 0 unspecified atom stereocenters. The van der Waals surface area contributed by atoms with Crippen molar-refractivity contribution < 1.29 is 5.48 Å². The minimum atomic E-state index is -0.0557. The average Bonchev–Trinajstić information content (AvgIpc) is 3.99. The Bertz CT molecular complexity index is 2860. The zero-order valence-electron chi connectivity index (χ0n) is 35.1. The fourth-order valence-electron chi connectivity index (χ4n) is 9.60. The van der Waals surface area contributed by atoms with Crippen LogP contribution in [0.1, 0.15) is 63.5 Å². The number of benzene rings is 4. The van der Waals surface area contributed by atoms with Gasteiger partial charge < -0.3 is 35.2 Å². The molecule has 0 saturated carbocycles. The van der Waals surface area contributed by atoms with E-state index in [-0.39, 0.29) is 40.3 Å². The number of nitrogens with one attached hydrogen (secondary N) is 4. The van der Waals surface area contributed by atoms with E-state index in [0.29, 0.717) is 10.0 Å². The Balaban J connectivity index is 0.000000170. The summed E-state index contributed by atoms with van der Waals surface area (Å²) in [5.41, 5.74) is 7.00. The smallest absolute Gasteiger partial charge is 0.326 e. The normalized spacial score (nSPS) is 15.7. The summed E-state index contributed by atoms with van der Waals surface area (Å²) in [4.78, 5) is 66.0. The summed E-state index contributed by atoms with van der Waals surface area (Å²) in [7, 11) is 0. The summed E-state index contributed by atoms with van der Waals surface area (Å²) >= 11 is 12.1. The van der Waals surface area contributed by atoms with Crippen LogP contribution in [-0.4, -0.2) is 92.7 Å². The zero-order valence-corrected chi connectivity index (χ0v) is 36.6. The third-order valence-corrected chi connectivity index (χ3v) is 13.2. The van der Waals surface area contributed by atoms with E-state index in [1.807, 2.05) is 103 Å². The molecule has 63 heavy (non-hydrogen) atoms. The van der Waals surface area contributed by atoms with Gasteiger partial charge in [-0.2, -0.15) is 0 Å². The molecule has 332 valence electrons. The summed E-state index contributed by atoms with van der Waals surface area (Å²) in [5, 5.41) is 1.26. The van der Waals surface area contributed by atoms with Crippen LogP contribution in [0, 0.1) is 0 Å². The molecular weight excluding hydrogens is 843 g/mol. The molecule has 0 spiro atoms. The van der Waals surface area contributed by atoms with Crippen molar-refractivity contribution in [3.8, 4) is 0 Å². The van der Waals surface area contributed by atoms with Crippen molar-refractivity contribution >= 4 is 67.3 Å². The third-order valence-electron chi connectivity index (χ3n) is 12.8. The first kappa shape index (κ1) is 44.0.